The Morgan fingerprint density at radius 1 is 1.38 bits per heavy atom. The summed E-state index contributed by atoms with van der Waals surface area (Å²) in [5, 5.41) is 9.66. The molecule has 1 aliphatic rings. The van der Waals surface area contributed by atoms with Gasteiger partial charge in [0.2, 0.25) is 5.95 Å². The lowest BCUT2D eigenvalue weighted by Crippen LogP contribution is -2.42. The molecule has 6 nitrogen and oxygen atoms in total. The highest BCUT2D eigenvalue weighted by Crippen LogP contribution is 2.25. The second kappa shape index (κ2) is 7.47. The molecule has 7 heteroatoms. The van der Waals surface area contributed by atoms with Gasteiger partial charge < -0.3 is 9.64 Å². The van der Waals surface area contributed by atoms with Crippen LogP contribution < -0.4 is 4.90 Å². The molecule has 2 heterocycles. The predicted molar refractivity (Wildman–Crippen MR) is 87.3 cm³/mol. The Morgan fingerprint density at radius 2 is 2.14 bits per heavy atom. The molecule has 0 amide bonds. The number of anilines is 1. The molecule has 0 radical (unpaired) electrons. The molecule has 1 aromatic rings. The van der Waals surface area contributed by atoms with Gasteiger partial charge in [-0.05, 0) is 20.8 Å². The molecule has 1 fully saturated rings. The van der Waals surface area contributed by atoms with E-state index >= 15 is 0 Å². The number of thioether (sulfide) groups is 1. The largest absolute Gasteiger partial charge is 0.376 e. The maximum atomic E-state index is 5.57. The number of rotatable bonds is 6. The van der Waals surface area contributed by atoms with E-state index in [9.17, 15) is 0 Å². The number of morpholine rings is 1. The number of ether oxygens (including phenoxy) is 1. The van der Waals surface area contributed by atoms with Gasteiger partial charge in [0.05, 0.1) is 12.7 Å². The lowest BCUT2D eigenvalue weighted by molar-refractivity contribution is -0.0158. The van der Waals surface area contributed by atoms with Gasteiger partial charge in [-0.25, -0.2) is 0 Å². The summed E-state index contributed by atoms with van der Waals surface area (Å²) >= 11 is 1.79. The molecule has 0 aliphatic carbocycles. The molecule has 0 saturated carbocycles. The molecule has 2 rings (SSSR count). The first-order valence-electron chi connectivity index (χ1n) is 7.58. The first-order valence-corrected chi connectivity index (χ1v) is 8.56. The molecule has 1 saturated heterocycles. The van der Waals surface area contributed by atoms with Gasteiger partial charge in [-0.2, -0.15) is 0 Å². The van der Waals surface area contributed by atoms with Crippen LogP contribution in [0.1, 0.15) is 26.8 Å². The van der Waals surface area contributed by atoms with E-state index in [-0.39, 0.29) is 0 Å². The van der Waals surface area contributed by atoms with E-state index in [4.69, 9.17) is 4.74 Å². The fraction of sp³-hybridized carbons (Fsp3) is 0.857. The van der Waals surface area contributed by atoms with Crippen LogP contribution in [0.15, 0.2) is 5.16 Å². The molecule has 1 atom stereocenters. The normalized spacial score (nSPS) is 20.2. The van der Waals surface area contributed by atoms with Gasteiger partial charge in [-0.3, -0.25) is 9.47 Å². The van der Waals surface area contributed by atoms with Crippen molar-refractivity contribution in [3.05, 3.63) is 0 Å². The van der Waals surface area contributed by atoms with Gasteiger partial charge in [-0.1, -0.05) is 11.8 Å². The number of hydrogen-bond donors (Lipinski definition) is 0. The van der Waals surface area contributed by atoms with Crippen molar-refractivity contribution in [2.75, 3.05) is 51.0 Å². The van der Waals surface area contributed by atoms with Gasteiger partial charge in [0.25, 0.3) is 0 Å². The SMILES string of the molecule is CC1CN(CCSc2nnc(N(C)C)n2C(C)C)CCO1. The van der Waals surface area contributed by atoms with Crippen LogP contribution in [-0.4, -0.2) is 71.9 Å². The highest BCUT2D eigenvalue weighted by atomic mass is 32.2. The lowest BCUT2D eigenvalue weighted by atomic mass is 10.3. The summed E-state index contributed by atoms with van der Waals surface area (Å²) in [5.41, 5.74) is 0. The molecular formula is C14H27N5OS. The Hall–Kier alpha value is -0.790. The Balaban J connectivity index is 1.91. The van der Waals surface area contributed by atoms with Crippen molar-refractivity contribution < 1.29 is 4.74 Å². The van der Waals surface area contributed by atoms with Gasteiger partial charge in [0.1, 0.15) is 0 Å². The zero-order valence-corrected chi connectivity index (χ0v) is 14.6. The molecule has 0 bridgehead atoms. The van der Waals surface area contributed by atoms with E-state index in [1.54, 1.807) is 11.8 Å². The quantitative estimate of drug-likeness (QED) is 0.746. The minimum absolute atomic E-state index is 0.350. The van der Waals surface area contributed by atoms with E-state index in [1.807, 2.05) is 19.0 Å². The summed E-state index contributed by atoms with van der Waals surface area (Å²) in [5.74, 6) is 1.96. The summed E-state index contributed by atoms with van der Waals surface area (Å²) in [6, 6.07) is 0.364. The smallest absolute Gasteiger partial charge is 0.227 e. The average molecular weight is 313 g/mol. The first-order chi connectivity index (χ1) is 9.99. The van der Waals surface area contributed by atoms with Crippen molar-refractivity contribution in [2.24, 2.45) is 0 Å². The number of nitrogens with zero attached hydrogens (tertiary/aromatic N) is 5. The summed E-state index contributed by atoms with van der Waals surface area (Å²) in [6.07, 6.45) is 0.350. The highest BCUT2D eigenvalue weighted by molar-refractivity contribution is 7.99. The lowest BCUT2D eigenvalue weighted by Gasteiger charge is -2.30. The number of hydrogen-bond acceptors (Lipinski definition) is 6. The molecule has 0 N–H and O–H groups in total. The van der Waals surface area contributed by atoms with Gasteiger partial charge in [-0.15, -0.1) is 10.2 Å². The molecular weight excluding hydrogens is 286 g/mol. The standard InChI is InChI=1S/C14H27N5OS/c1-11(2)19-13(17(4)5)15-16-14(19)21-9-7-18-6-8-20-12(3)10-18/h11-12H,6-10H2,1-5H3. The molecule has 1 aliphatic heterocycles. The summed E-state index contributed by atoms with van der Waals surface area (Å²) in [7, 11) is 4.01. The van der Waals surface area contributed by atoms with Gasteiger partial charge in [0, 0.05) is 45.5 Å². The Bertz CT molecular complexity index is 449. The minimum atomic E-state index is 0.350. The van der Waals surface area contributed by atoms with Crippen LogP contribution in [0.4, 0.5) is 5.95 Å². The fourth-order valence-corrected chi connectivity index (χ4v) is 3.55. The Kier molecular flexibility index (Phi) is 5.89. The third-order valence-electron chi connectivity index (χ3n) is 3.53. The molecule has 1 unspecified atom stereocenters. The van der Waals surface area contributed by atoms with Gasteiger partial charge in [0.15, 0.2) is 5.16 Å². The minimum Gasteiger partial charge on any atom is -0.376 e. The number of aromatic nitrogens is 3. The van der Waals surface area contributed by atoms with E-state index < -0.39 is 0 Å². The van der Waals surface area contributed by atoms with Crippen LogP contribution in [-0.2, 0) is 4.74 Å². The molecule has 1 aromatic heterocycles. The van der Waals surface area contributed by atoms with Crippen LogP contribution in [0, 0.1) is 0 Å². The second-order valence-electron chi connectivity index (χ2n) is 5.97. The highest BCUT2D eigenvalue weighted by Gasteiger charge is 2.19. The third-order valence-corrected chi connectivity index (χ3v) is 4.45. The summed E-state index contributed by atoms with van der Waals surface area (Å²) in [6.45, 7) is 10.5. The third kappa shape index (κ3) is 4.34. The molecule has 0 aromatic carbocycles. The first kappa shape index (κ1) is 16.6. The second-order valence-corrected chi connectivity index (χ2v) is 7.03. The van der Waals surface area contributed by atoms with E-state index in [2.05, 4.69) is 40.4 Å². The zero-order valence-electron chi connectivity index (χ0n) is 13.7. The Morgan fingerprint density at radius 3 is 2.76 bits per heavy atom. The van der Waals surface area contributed by atoms with Crippen LogP contribution in [0.25, 0.3) is 0 Å². The maximum absolute atomic E-state index is 5.57. The van der Waals surface area contributed by atoms with Gasteiger partial charge >= 0.3 is 0 Å². The van der Waals surface area contributed by atoms with E-state index in [1.165, 1.54) is 0 Å². The van der Waals surface area contributed by atoms with Crippen molar-refractivity contribution in [2.45, 2.75) is 38.1 Å². The summed E-state index contributed by atoms with van der Waals surface area (Å²) in [4.78, 5) is 4.48. The fourth-order valence-electron chi connectivity index (χ4n) is 2.48. The summed E-state index contributed by atoms with van der Waals surface area (Å²) < 4.78 is 7.77. The van der Waals surface area contributed by atoms with Crippen LogP contribution in [0.3, 0.4) is 0 Å². The van der Waals surface area contributed by atoms with Crippen LogP contribution in [0.5, 0.6) is 0 Å². The average Bonchev–Trinajstić information content (AvgIpc) is 2.83. The topological polar surface area (TPSA) is 46.4 Å². The molecule has 21 heavy (non-hydrogen) atoms. The van der Waals surface area contributed by atoms with Crippen molar-refractivity contribution in [3.8, 4) is 0 Å². The van der Waals surface area contributed by atoms with Crippen LogP contribution >= 0.6 is 11.8 Å². The van der Waals surface area contributed by atoms with Crippen molar-refractivity contribution >= 4 is 17.7 Å². The monoisotopic (exact) mass is 313 g/mol. The van der Waals surface area contributed by atoms with E-state index in [0.29, 0.717) is 12.1 Å². The van der Waals surface area contributed by atoms with Crippen molar-refractivity contribution in [1.29, 1.82) is 0 Å². The van der Waals surface area contributed by atoms with Crippen molar-refractivity contribution in [3.63, 3.8) is 0 Å². The maximum Gasteiger partial charge on any atom is 0.227 e. The zero-order chi connectivity index (χ0) is 15.4. The van der Waals surface area contributed by atoms with Crippen molar-refractivity contribution in [1.82, 2.24) is 19.7 Å². The predicted octanol–water partition coefficient (Wildman–Crippen LogP) is 1.74. The van der Waals surface area contributed by atoms with Crippen LogP contribution in [0.2, 0.25) is 0 Å². The Labute approximate surface area is 131 Å². The molecule has 120 valence electrons. The molecule has 0 spiro atoms. The van der Waals surface area contributed by atoms with E-state index in [0.717, 1.165) is 43.1 Å².